The van der Waals surface area contributed by atoms with Crippen molar-refractivity contribution in [1.82, 2.24) is 4.98 Å². The highest BCUT2D eigenvalue weighted by atomic mass is 35.5. The van der Waals surface area contributed by atoms with Crippen molar-refractivity contribution in [3.63, 3.8) is 0 Å². The summed E-state index contributed by atoms with van der Waals surface area (Å²) >= 11 is 6.10. The lowest BCUT2D eigenvalue weighted by molar-refractivity contribution is -0.110. The van der Waals surface area contributed by atoms with E-state index in [0.29, 0.717) is 17.7 Å². The van der Waals surface area contributed by atoms with Crippen LogP contribution in [-0.4, -0.2) is 16.6 Å². The second-order valence-electron chi connectivity index (χ2n) is 4.17. The van der Waals surface area contributed by atoms with Gasteiger partial charge in [-0.25, -0.2) is 0 Å². The number of hydrogen-bond donors (Lipinski definition) is 1. The minimum atomic E-state index is -0.661. The highest BCUT2D eigenvalue weighted by molar-refractivity contribution is 6.52. The Morgan fingerprint density at radius 2 is 1.94 bits per heavy atom. The maximum absolute atomic E-state index is 11.8. The first-order chi connectivity index (χ1) is 8.56. The number of rotatable bonds is 3. The Morgan fingerprint density at radius 3 is 2.61 bits per heavy atom. The van der Waals surface area contributed by atoms with Crippen molar-refractivity contribution >= 4 is 29.2 Å². The quantitative estimate of drug-likeness (QED) is 0.852. The molecule has 0 bridgehead atoms. The molecule has 0 aromatic carbocycles. The number of nitrogens with one attached hydrogen (secondary N) is 1. The minimum Gasteiger partial charge on any atom is -0.321 e. The van der Waals surface area contributed by atoms with Crippen molar-refractivity contribution in [1.29, 1.82) is 0 Å². The Balaban J connectivity index is 2.61. The molecular formula is C13H12ClNO3. The maximum Gasteiger partial charge on any atom is 0.253 e. The van der Waals surface area contributed by atoms with Crippen LogP contribution in [0.2, 0.25) is 5.02 Å². The molecular weight excluding hydrogens is 254 g/mol. The number of ketones is 2. The van der Waals surface area contributed by atoms with E-state index < -0.39 is 11.6 Å². The van der Waals surface area contributed by atoms with Crippen LogP contribution in [0.4, 0.5) is 0 Å². The van der Waals surface area contributed by atoms with Gasteiger partial charge in [-0.15, -0.1) is 0 Å². The Morgan fingerprint density at radius 1 is 1.22 bits per heavy atom. The lowest BCUT2D eigenvalue weighted by atomic mass is 9.96. The van der Waals surface area contributed by atoms with Gasteiger partial charge in [0.15, 0.2) is 0 Å². The predicted octanol–water partition coefficient (Wildman–Crippen LogP) is 2.15. The smallest absolute Gasteiger partial charge is 0.253 e. The fraction of sp³-hybridized carbons (Fsp3) is 0.308. The first kappa shape index (κ1) is 12.8. The van der Waals surface area contributed by atoms with Crippen LogP contribution in [0.3, 0.4) is 0 Å². The molecule has 1 aromatic rings. The summed E-state index contributed by atoms with van der Waals surface area (Å²) < 4.78 is 0. The molecule has 0 saturated carbocycles. The number of fused-ring (bicyclic) bond motifs is 1. The van der Waals surface area contributed by atoms with E-state index in [1.807, 2.05) is 6.92 Å². The molecule has 0 fully saturated rings. The van der Waals surface area contributed by atoms with E-state index in [9.17, 15) is 14.4 Å². The number of unbranched alkanes of at least 4 members (excludes halogenated alkanes) is 1. The zero-order valence-corrected chi connectivity index (χ0v) is 10.6. The van der Waals surface area contributed by atoms with Crippen LogP contribution in [0.25, 0.3) is 6.08 Å². The van der Waals surface area contributed by atoms with Crippen molar-refractivity contribution in [2.24, 2.45) is 0 Å². The fourth-order valence-electron chi connectivity index (χ4n) is 1.91. The SMILES string of the molecule is CCCCc1c(Cl)c2c([nH]c1=O)C=CC(=O)C2=O. The average Bonchev–Trinajstić information content (AvgIpc) is 2.33. The summed E-state index contributed by atoms with van der Waals surface area (Å²) in [6.07, 6.45) is 4.78. The molecule has 0 saturated heterocycles. The third-order valence-electron chi connectivity index (χ3n) is 2.91. The topological polar surface area (TPSA) is 67.0 Å². The predicted molar refractivity (Wildman–Crippen MR) is 69.1 cm³/mol. The van der Waals surface area contributed by atoms with Crippen LogP contribution in [0.1, 0.15) is 41.4 Å². The standard InChI is InChI=1S/C13H12ClNO3/c1-2-3-4-7-11(14)10-8(15-13(7)18)5-6-9(16)12(10)17/h5-6H,2-4H2,1H3,(H,15,18). The number of hydrogen-bond acceptors (Lipinski definition) is 3. The third-order valence-corrected chi connectivity index (χ3v) is 3.33. The molecule has 1 aromatic heterocycles. The zero-order valence-electron chi connectivity index (χ0n) is 9.88. The first-order valence-corrected chi connectivity index (χ1v) is 6.15. The number of carbonyl (C=O) groups excluding carboxylic acids is 2. The van der Waals surface area contributed by atoms with Gasteiger partial charge in [0, 0.05) is 5.56 Å². The molecule has 0 spiro atoms. The molecule has 0 amide bonds. The first-order valence-electron chi connectivity index (χ1n) is 5.77. The van der Waals surface area contributed by atoms with Crippen LogP contribution in [-0.2, 0) is 11.2 Å². The Bertz CT molecular complexity index is 613. The zero-order chi connectivity index (χ0) is 13.3. The van der Waals surface area contributed by atoms with Gasteiger partial charge in [-0.05, 0) is 25.0 Å². The molecule has 1 N–H and O–H groups in total. The van der Waals surface area contributed by atoms with E-state index in [2.05, 4.69) is 4.98 Å². The molecule has 5 heteroatoms. The molecule has 18 heavy (non-hydrogen) atoms. The van der Waals surface area contributed by atoms with Crippen molar-refractivity contribution in [3.05, 3.63) is 38.3 Å². The van der Waals surface area contributed by atoms with Gasteiger partial charge in [0.25, 0.3) is 5.56 Å². The number of aromatic amines is 1. The maximum atomic E-state index is 11.8. The van der Waals surface area contributed by atoms with E-state index in [-0.39, 0.29) is 16.1 Å². The van der Waals surface area contributed by atoms with Gasteiger partial charge in [-0.3, -0.25) is 14.4 Å². The number of H-pyrrole nitrogens is 1. The molecule has 1 aliphatic carbocycles. The third kappa shape index (κ3) is 2.04. The van der Waals surface area contributed by atoms with Crippen LogP contribution in [0.15, 0.2) is 10.9 Å². The van der Waals surface area contributed by atoms with Gasteiger partial charge >= 0.3 is 0 Å². The second-order valence-corrected chi connectivity index (χ2v) is 4.54. The summed E-state index contributed by atoms with van der Waals surface area (Å²) in [6.45, 7) is 2.00. The normalized spacial score (nSPS) is 13.9. The van der Waals surface area contributed by atoms with Crippen molar-refractivity contribution < 1.29 is 9.59 Å². The fourth-order valence-corrected chi connectivity index (χ4v) is 2.28. The summed E-state index contributed by atoms with van der Waals surface area (Å²) in [6, 6.07) is 0. The molecule has 1 aliphatic rings. The van der Waals surface area contributed by atoms with E-state index in [4.69, 9.17) is 11.6 Å². The molecule has 0 atom stereocenters. The largest absolute Gasteiger partial charge is 0.321 e. The van der Waals surface area contributed by atoms with Crippen LogP contribution in [0.5, 0.6) is 0 Å². The van der Waals surface area contributed by atoms with E-state index in [1.165, 1.54) is 6.08 Å². The summed E-state index contributed by atoms with van der Waals surface area (Å²) in [7, 11) is 0. The van der Waals surface area contributed by atoms with Crippen molar-refractivity contribution in [3.8, 4) is 0 Å². The van der Waals surface area contributed by atoms with Gasteiger partial charge in [-0.1, -0.05) is 24.9 Å². The summed E-state index contributed by atoms with van der Waals surface area (Å²) in [5, 5.41) is 0.116. The lowest BCUT2D eigenvalue weighted by Crippen LogP contribution is -2.24. The summed E-state index contributed by atoms with van der Waals surface area (Å²) in [4.78, 5) is 37.5. The van der Waals surface area contributed by atoms with Gasteiger partial charge in [0.2, 0.25) is 11.6 Å². The second kappa shape index (κ2) is 4.90. The van der Waals surface area contributed by atoms with E-state index in [0.717, 1.165) is 18.9 Å². The van der Waals surface area contributed by atoms with E-state index >= 15 is 0 Å². The number of carbonyl (C=O) groups is 2. The number of halogens is 1. The van der Waals surface area contributed by atoms with Crippen molar-refractivity contribution in [2.75, 3.05) is 0 Å². The summed E-state index contributed by atoms with van der Waals surface area (Å²) in [5.74, 6) is -1.27. The number of aromatic nitrogens is 1. The Hall–Kier alpha value is -1.68. The minimum absolute atomic E-state index is 0.116. The van der Waals surface area contributed by atoms with Gasteiger partial charge in [0.1, 0.15) is 0 Å². The molecule has 94 valence electrons. The molecule has 1 heterocycles. The lowest BCUT2D eigenvalue weighted by Gasteiger charge is -2.13. The number of pyridine rings is 1. The van der Waals surface area contributed by atoms with Crippen LogP contribution in [0, 0.1) is 0 Å². The molecule has 4 nitrogen and oxygen atoms in total. The highest BCUT2D eigenvalue weighted by Crippen LogP contribution is 2.26. The van der Waals surface area contributed by atoms with Gasteiger partial charge < -0.3 is 4.98 Å². The number of Topliss-reactive ketones (excluding diaryl/α,β-unsaturated/α-hetero) is 1. The Labute approximate surface area is 109 Å². The molecule has 2 rings (SSSR count). The van der Waals surface area contributed by atoms with E-state index in [1.54, 1.807) is 0 Å². The monoisotopic (exact) mass is 265 g/mol. The summed E-state index contributed by atoms with van der Waals surface area (Å²) in [5.41, 5.74) is 0.525. The molecule has 0 aliphatic heterocycles. The number of allylic oxidation sites excluding steroid dienone is 1. The highest BCUT2D eigenvalue weighted by Gasteiger charge is 2.26. The molecule has 0 unspecified atom stereocenters. The molecule has 0 radical (unpaired) electrons. The van der Waals surface area contributed by atoms with Crippen LogP contribution < -0.4 is 5.56 Å². The van der Waals surface area contributed by atoms with Gasteiger partial charge in [0.05, 0.1) is 16.3 Å². The Kier molecular flexibility index (Phi) is 3.48. The average molecular weight is 266 g/mol. The van der Waals surface area contributed by atoms with Crippen molar-refractivity contribution in [2.45, 2.75) is 26.2 Å². The van der Waals surface area contributed by atoms with Crippen LogP contribution >= 0.6 is 11.6 Å². The van der Waals surface area contributed by atoms with Gasteiger partial charge in [-0.2, -0.15) is 0 Å².